The summed E-state index contributed by atoms with van der Waals surface area (Å²) in [6.45, 7) is 4.50. The third-order valence-corrected chi connectivity index (χ3v) is 6.20. The first kappa shape index (κ1) is 25.8. The van der Waals surface area contributed by atoms with E-state index in [4.69, 9.17) is 19.4 Å². The highest BCUT2D eigenvalue weighted by Gasteiger charge is 2.23. The summed E-state index contributed by atoms with van der Waals surface area (Å²) in [7, 11) is 1.48. The van der Waals surface area contributed by atoms with Gasteiger partial charge in [-0.05, 0) is 71.5 Å². The van der Waals surface area contributed by atoms with E-state index in [9.17, 15) is 4.39 Å². The second-order valence-electron chi connectivity index (χ2n) is 8.70. The van der Waals surface area contributed by atoms with Crippen LogP contribution in [-0.2, 0) is 11.3 Å². The van der Waals surface area contributed by atoms with Gasteiger partial charge in [0.05, 0.1) is 12.8 Å². The molecule has 1 fully saturated rings. The number of allylic oxidation sites excluding steroid dienone is 1. The minimum absolute atomic E-state index is 0.390. The predicted molar refractivity (Wildman–Crippen MR) is 140 cm³/mol. The molecule has 1 aliphatic rings. The number of halogens is 2. The molecule has 2 aromatic heterocycles. The standard InChI is InChI=1S/C26H29BrFN5O3/c1-15(35-24-9-19(27)14-31-26(24)33-34-3)22-10-20(28)6-7-21(22)25-23(32-16(2)36-25)8-18(11-29)13-30-12-17-4-5-17/h6-7,9-11,13-15,17,29-30H,4-5,8,12H2,1-3H3,(H,31,33)/b18-13-,29-11?. The zero-order chi connectivity index (χ0) is 25.7. The van der Waals surface area contributed by atoms with Gasteiger partial charge in [-0.25, -0.2) is 19.8 Å². The molecule has 0 radical (unpaired) electrons. The first-order valence-corrected chi connectivity index (χ1v) is 12.5. The minimum atomic E-state index is -0.569. The van der Waals surface area contributed by atoms with Gasteiger partial charge in [-0.1, -0.05) is 0 Å². The molecule has 190 valence electrons. The summed E-state index contributed by atoms with van der Waals surface area (Å²) in [5.74, 6) is 2.16. The van der Waals surface area contributed by atoms with E-state index < -0.39 is 11.9 Å². The van der Waals surface area contributed by atoms with Gasteiger partial charge in [-0.2, -0.15) is 0 Å². The van der Waals surface area contributed by atoms with Crippen molar-refractivity contribution in [2.45, 2.75) is 39.2 Å². The van der Waals surface area contributed by atoms with Crippen LogP contribution in [0.25, 0.3) is 11.3 Å². The van der Waals surface area contributed by atoms with Gasteiger partial charge in [0.1, 0.15) is 11.9 Å². The third-order valence-electron chi connectivity index (χ3n) is 5.77. The molecule has 2 heterocycles. The zero-order valence-corrected chi connectivity index (χ0v) is 22.0. The van der Waals surface area contributed by atoms with Crippen LogP contribution < -0.4 is 15.5 Å². The lowest BCUT2D eigenvalue weighted by atomic mass is 9.98. The largest absolute Gasteiger partial charge is 0.482 e. The molecule has 1 unspecified atom stereocenters. The summed E-state index contributed by atoms with van der Waals surface area (Å²) in [4.78, 5) is 13.8. The van der Waals surface area contributed by atoms with Crippen molar-refractivity contribution in [1.82, 2.24) is 15.3 Å². The fourth-order valence-electron chi connectivity index (χ4n) is 3.83. The number of oxazole rings is 1. The monoisotopic (exact) mass is 557 g/mol. The topological polar surface area (TPSA) is 105 Å². The molecule has 0 spiro atoms. The molecule has 0 saturated heterocycles. The lowest BCUT2D eigenvalue weighted by Gasteiger charge is -2.20. The van der Waals surface area contributed by atoms with Crippen LogP contribution in [-0.4, -0.2) is 29.8 Å². The van der Waals surface area contributed by atoms with E-state index in [0.717, 1.165) is 22.5 Å². The summed E-state index contributed by atoms with van der Waals surface area (Å²) in [5.41, 5.74) is 5.38. The number of nitrogens with one attached hydrogen (secondary N) is 3. The molecule has 1 aromatic carbocycles. The summed E-state index contributed by atoms with van der Waals surface area (Å²) in [5, 5.41) is 11.1. The van der Waals surface area contributed by atoms with E-state index in [2.05, 4.69) is 36.7 Å². The number of pyridine rings is 1. The number of rotatable bonds is 12. The average Bonchev–Trinajstić information content (AvgIpc) is 3.60. The van der Waals surface area contributed by atoms with Gasteiger partial charge in [0.15, 0.2) is 23.2 Å². The van der Waals surface area contributed by atoms with E-state index in [1.807, 2.05) is 13.1 Å². The van der Waals surface area contributed by atoms with Gasteiger partial charge in [0.25, 0.3) is 0 Å². The van der Waals surface area contributed by atoms with Crippen molar-refractivity contribution in [3.05, 3.63) is 69.7 Å². The number of hydrogen-bond donors (Lipinski definition) is 3. The van der Waals surface area contributed by atoms with E-state index in [0.29, 0.717) is 46.5 Å². The quantitative estimate of drug-likeness (QED) is 0.181. The summed E-state index contributed by atoms with van der Waals surface area (Å²) in [6, 6.07) is 6.24. The lowest BCUT2D eigenvalue weighted by Crippen LogP contribution is -2.11. The molecule has 1 saturated carbocycles. The second kappa shape index (κ2) is 11.7. The van der Waals surface area contributed by atoms with Gasteiger partial charge in [-0.15, -0.1) is 0 Å². The van der Waals surface area contributed by atoms with Crippen molar-refractivity contribution in [3.63, 3.8) is 0 Å². The van der Waals surface area contributed by atoms with Crippen LogP contribution in [0.5, 0.6) is 5.75 Å². The minimum Gasteiger partial charge on any atom is -0.482 e. The second-order valence-corrected chi connectivity index (χ2v) is 9.61. The molecule has 36 heavy (non-hydrogen) atoms. The highest BCUT2D eigenvalue weighted by molar-refractivity contribution is 9.10. The molecule has 0 aliphatic heterocycles. The van der Waals surface area contributed by atoms with Gasteiger partial charge >= 0.3 is 0 Å². The van der Waals surface area contributed by atoms with Gasteiger partial charge in [-0.3, -0.25) is 4.84 Å². The van der Waals surface area contributed by atoms with Crippen LogP contribution >= 0.6 is 15.9 Å². The maximum atomic E-state index is 14.4. The maximum Gasteiger partial charge on any atom is 0.192 e. The molecule has 3 N–H and O–H groups in total. The Hall–Kier alpha value is -3.24. The summed E-state index contributed by atoms with van der Waals surface area (Å²) in [6.07, 6.45) is 7.12. The lowest BCUT2D eigenvalue weighted by molar-refractivity contribution is 0.219. The first-order valence-electron chi connectivity index (χ1n) is 11.7. The Bertz CT molecular complexity index is 1260. The van der Waals surface area contributed by atoms with Crippen LogP contribution in [0.3, 0.4) is 0 Å². The highest BCUT2D eigenvalue weighted by atomic mass is 79.9. The zero-order valence-electron chi connectivity index (χ0n) is 20.4. The maximum absolute atomic E-state index is 14.4. The van der Waals surface area contributed by atoms with E-state index in [1.54, 1.807) is 25.3 Å². The van der Waals surface area contributed by atoms with Crippen molar-refractivity contribution in [2.24, 2.45) is 5.92 Å². The predicted octanol–water partition coefficient (Wildman–Crippen LogP) is 6.14. The van der Waals surface area contributed by atoms with Crippen molar-refractivity contribution >= 4 is 28.0 Å². The Morgan fingerprint density at radius 3 is 2.89 bits per heavy atom. The smallest absolute Gasteiger partial charge is 0.192 e. The van der Waals surface area contributed by atoms with Crippen LogP contribution in [0.2, 0.25) is 0 Å². The van der Waals surface area contributed by atoms with Crippen molar-refractivity contribution in [2.75, 3.05) is 19.1 Å². The fourth-order valence-corrected chi connectivity index (χ4v) is 4.14. The molecule has 3 aromatic rings. The summed E-state index contributed by atoms with van der Waals surface area (Å²) >= 11 is 3.40. The SMILES string of the molecule is CONc1ncc(Br)cc1OC(C)c1cc(F)ccc1-c1oc(C)nc1C/C(C=N)=C/NCC1CC1. The first-order chi connectivity index (χ1) is 17.4. The van der Waals surface area contributed by atoms with E-state index in [-0.39, 0.29) is 0 Å². The third kappa shape index (κ3) is 6.50. The van der Waals surface area contributed by atoms with Crippen LogP contribution in [0, 0.1) is 24.1 Å². The summed E-state index contributed by atoms with van der Waals surface area (Å²) < 4.78 is 27.3. The van der Waals surface area contributed by atoms with Crippen molar-refractivity contribution in [3.8, 4) is 17.1 Å². The Kier molecular flexibility index (Phi) is 8.37. The van der Waals surface area contributed by atoms with Gasteiger partial charge in [0, 0.05) is 54.1 Å². The number of benzene rings is 1. The molecule has 0 bridgehead atoms. The van der Waals surface area contributed by atoms with Gasteiger partial charge in [0.2, 0.25) is 0 Å². The normalized spacial score (nSPS) is 14.4. The Balaban J connectivity index is 1.64. The van der Waals surface area contributed by atoms with Gasteiger partial charge < -0.3 is 19.9 Å². The number of anilines is 1. The molecule has 8 nitrogen and oxygen atoms in total. The Morgan fingerprint density at radius 2 is 2.17 bits per heavy atom. The Labute approximate surface area is 217 Å². The fraction of sp³-hybridized carbons (Fsp3) is 0.346. The molecule has 4 rings (SSSR count). The van der Waals surface area contributed by atoms with Crippen LogP contribution in [0.1, 0.15) is 43.0 Å². The number of hydrogen-bond acceptors (Lipinski definition) is 8. The molecule has 0 amide bonds. The number of aromatic nitrogens is 2. The number of nitrogens with zero attached hydrogens (tertiary/aromatic N) is 2. The number of aryl methyl sites for hydroxylation is 1. The van der Waals surface area contributed by atoms with E-state index >= 15 is 0 Å². The Morgan fingerprint density at radius 1 is 1.36 bits per heavy atom. The number of ether oxygens (including phenoxy) is 1. The highest BCUT2D eigenvalue weighted by Crippen LogP contribution is 2.37. The van der Waals surface area contributed by atoms with E-state index in [1.165, 1.54) is 38.3 Å². The molecule has 1 atom stereocenters. The molecular weight excluding hydrogens is 529 g/mol. The molecular formula is C26H29BrFN5O3. The van der Waals surface area contributed by atoms with Crippen molar-refractivity contribution < 1.29 is 18.4 Å². The van der Waals surface area contributed by atoms with Crippen LogP contribution in [0.15, 0.2) is 51.1 Å². The molecule has 1 aliphatic carbocycles. The van der Waals surface area contributed by atoms with Crippen molar-refractivity contribution in [1.29, 1.82) is 5.41 Å². The van der Waals surface area contributed by atoms with Crippen LogP contribution in [0.4, 0.5) is 10.2 Å². The molecule has 10 heteroatoms. The average molecular weight is 558 g/mol.